The first-order valence-electron chi connectivity index (χ1n) is 6.13. The Morgan fingerprint density at radius 1 is 1.44 bits per heavy atom. The van der Waals surface area contributed by atoms with Crippen LogP contribution in [0.4, 0.5) is 0 Å². The molecule has 0 radical (unpaired) electrons. The molecule has 0 aliphatic carbocycles. The number of hydrazine groups is 1. The van der Waals surface area contributed by atoms with Gasteiger partial charge in [0.15, 0.2) is 0 Å². The first-order valence-corrected chi connectivity index (χ1v) is 6.13. The molecule has 0 heterocycles. The molecule has 0 spiro atoms. The minimum Gasteiger partial charge on any atom is -0.385 e. The Morgan fingerprint density at radius 3 is 2.72 bits per heavy atom. The molecule has 0 fully saturated rings. The molecule has 0 unspecified atom stereocenters. The van der Waals surface area contributed by atoms with E-state index in [9.17, 15) is 4.79 Å². The fourth-order valence-electron chi connectivity index (χ4n) is 1.24. The van der Waals surface area contributed by atoms with Crippen LogP contribution in [-0.4, -0.2) is 44.7 Å². The second-order valence-electron chi connectivity index (χ2n) is 4.12. The third-order valence-corrected chi connectivity index (χ3v) is 2.01. The van der Waals surface area contributed by atoms with Gasteiger partial charge in [-0.1, -0.05) is 0 Å². The van der Waals surface area contributed by atoms with Gasteiger partial charge in [0.05, 0.1) is 0 Å². The SMILES string of the molecule is COCCCN=C(NN)NCCC(=O)NC(C)C. The van der Waals surface area contributed by atoms with E-state index in [1.807, 2.05) is 13.8 Å². The van der Waals surface area contributed by atoms with Crippen LogP contribution in [0.3, 0.4) is 0 Å². The van der Waals surface area contributed by atoms with Crippen LogP contribution in [0.5, 0.6) is 0 Å². The van der Waals surface area contributed by atoms with Gasteiger partial charge in [0.2, 0.25) is 11.9 Å². The average molecular weight is 259 g/mol. The molecule has 0 aliphatic rings. The molecule has 0 saturated carbocycles. The number of hydrogen-bond acceptors (Lipinski definition) is 4. The van der Waals surface area contributed by atoms with Crippen molar-refractivity contribution in [3.05, 3.63) is 0 Å². The maximum Gasteiger partial charge on any atom is 0.221 e. The lowest BCUT2D eigenvalue weighted by atomic mass is 10.3. The molecule has 0 aromatic carbocycles. The molecule has 5 N–H and O–H groups in total. The van der Waals surface area contributed by atoms with Gasteiger partial charge in [-0.15, -0.1) is 0 Å². The summed E-state index contributed by atoms with van der Waals surface area (Å²) in [6, 6.07) is 0.160. The van der Waals surface area contributed by atoms with E-state index >= 15 is 0 Å². The molecule has 0 bridgehead atoms. The zero-order valence-electron chi connectivity index (χ0n) is 11.5. The third-order valence-electron chi connectivity index (χ3n) is 2.01. The Labute approximate surface area is 109 Å². The van der Waals surface area contributed by atoms with Gasteiger partial charge < -0.3 is 15.4 Å². The standard InChI is InChI=1S/C11H25N5O2/c1-9(2)15-10(17)5-7-14-11(16-12)13-6-4-8-18-3/h9H,4-8,12H2,1-3H3,(H,15,17)(H2,13,14,16). The van der Waals surface area contributed by atoms with E-state index in [4.69, 9.17) is 10.6 Å². The molecular formula is C11H25N5O2. The number of carbonyl (C=O) groups excluding carboxylic acids is 1. The third kappa shape index (κ3) is 9.86. The molecule has 18 heavy (non-hydrogen) atoms. The minimum absolute atomic E-state index is 0.00764. The van der Waals surface area contributed by atoms with Crippen LogP contribution < -0.4 is 21.9 Å². The molecule has 7 nitrogen and oxygen atoms in total. The Kier molecular flexibility index (Phi) is 9.99. The van der Waals surface area contributed by atoms with E-state index in [1.165, 1.54) is 0 Å². The second-order valence-corrected chi connectivity index (χ2v) is 4.12. The molecular weight excluding hydrogens is 234 g/mol. The van der Waals surface area contributed by atoms with E-state index in [0.717, 1.165) is 6.42 Å². The number of nitrogens with one attached hydrogen (secondary N) is 3. The van der Waals surface area contributed by atoms with E-state index in [2.05, 4.69) is 21.1 Å². The maximum atomic E-state index is 11.4. The van der Waals surface area contributed by atoms with Crippen molar-refractivity contribution in [1.29, 1.82) is 0 Å². The fraction of sp³-hybridized carbons (Fsp3) is 0.818. The molecule has 7 heteroatoms. The van der Waals surface area contributed by atoms with Crippen LogP contribution in [0.25, 0.3) is 0 Å². The monoisotopic (exact) mass is 259 g/mol. The molecule has 0 saturated heterocycles. The van der Waals surface area contributed by atoms with Crippen molar-refractivity contribution in [1.82, 2.24) is 16.1 Å². The highest BCUT2D eigenvalue weighted by atomic mass is 16.5. The molecule has 0 aromatic rings. The number of rotatable bonds is 8. The number of carbonyl (C=O) groups is 1. The first kappa shape index (κ1) is 16.7. The minimum atomic E-state index is 0.00764. The Bertz CT molecular complexity index is 256. The van der Waals surface area contributed by atoms with Crippen LogP contribution in [0.15, 0.2) is 4.99 Å². The predicted octanol–water partition coefficient (Wildman–Crippen LogP) is -0.653. The fourth-order valence-corrected chi connectivity index (χ4v) is 1.24. The van der Waals surface area contributed by atoms with Crippen LogP contribution in [0, 0.1) is 0 Å². The van der Waals surface area contributed by atoms with Crippen molar-refractivity contribution < 1.29 is 9.53 Å². The van der Waals surface area contributed by atoms with Gasteiger partial charge in [0, 0.05) is 39.3 Å². The highest BCUT2D eigenvalue weighted by Gasteiger charge is 2.03. The largest absolute Gasteiger partial charge is 0.385 e. The lowest BCUT2D eigenvalue weighted by Gasteiger charge is -2.10. The van der Waals surface area contributed by atoms with Crippen molar-refractivity contribution in [2.45, 2.75) is 32.7 Å². The van der Waals surface area contributed by atoms with Crippen LogP contribution >= 0.6 is 0 Å². The molecule has 0 rings (SSSR count). The van der Waals surface area contributed by atoms with Crippen LogP contribution in [0.1, 0.15) is 26.7 Å². The molecule has 0 aromatic heterocycles. The second kappa shape index (κ2) is 10.8. The summed E-state index contributed by atoms with van der Waals surface area (Å²) >= 11 is 0. The van der Waals surface area contributed by atoms with E-state index in [1.54, 1.807) is 7.11 Å². The number of amides is 1. The number of nitrogens with zero attached hydrogens (tertiary/aromatic N) is 1. The Hall–Kier alpha value is -1.34. The maximum absolute atomic E-state index is 11.4. The summed E-state index contributed by atoms with van der Waals surface area (Å²) in [5.74, 6) is 5.81. The van der Waals surface area contributed by atoms with Gasteiger partial charge in [0.25, 0.3) is 0 Å². The van der Waals surface area contributed by atoms with E-state index in [-0.39, 0.29) is 11.9 Å². The normalized spacial score (nSPS) is 11.5. The van der Waals surface area contributed by atoms with Gasteiger partial charge in [-0.2, -0.15) is 0 Å². The van der Waals surface area contributed by atoms with Crippen LogP contribution in [-0.2, 0) is 9.53 Å². The smallest absolute Gasteiger partial charge is 0.221 e. The number of ether oxygens (including phenoxy) is 1. The van der Waals surface area contributed by atoms with Crippen molar-refractivity contribution >= 4 is 11.9 Å². The number of guanidine groups is 1. The van der Waals surface area contributed by atoms with Gasteiger partial charge in [-0.05, 0) is 20.3 Å². The highest BCUT2D eigenvalue weighted by Crippen LogP contribution is 1.84. The zero-order valence-corrected chi connectivity index (χ0v) is 11.5. The van der Waals surface area contributed by atoms with Gasteiger partial charge in [-0.25, -0.2) is 5.84 Å². The van der Waals surface area contributed by atoms with E-state index < -0.39 is 0 Å². The zero-order chi connectivity index (χ0) is 13.8. The summed E-state index contributed by atoms with van der Waals surface area (Å²) < 4.78 is 4.91. The summed E-state index contributed by atoms with van der Waals surface area (Å²) in [5, 5.41) is 5.77. The van der Waals surface area contributed by atoms with Crippen molar-refractivity contribution in [2.75, 3.05) is 26.8 Å². The first-order chi connectivity index (χ1) is 8.60. The number of aliphatic imine (C=N–C) groups is 1. The van der Waals surface area contributed by atoms with Crippen molar-refractivity contribution in [3.8, 4) is 0 Å². The topological polar surface area (TPSA) is 101 Å². The summed E-state index contributed by atoms with van der Waals surface area (Å²) in [6.45, 7) is 5.63. The van der Waals surface area contributed by atoms with Crippen LogP contribution in [0.2, 0.25) is 0 Å². The molecule has 0 aliphatic heterocycles. The Morgan fingerprint density at radius 2 is 2.17 bits per heavy atom. The Balaban J connectivity index is 3.75. The lowest BCUT2D eigenvalue weighted by molar-refractivity contribution is -0.121. The van der Waals surface area contributed by atoms with Gasteiger partial charge in [0.1, 0.15) is 0 Å². The predicted molar refractivity (Wildman–Crippen MR) is 72.0 cm³/mol. The quantitative estimate of drug-likeness (QED) is 0.152. The number of methoxy groups -OCH3 is 1. The van der Waals surface area contributed by atoms with Crippen molar-refractivity contribution in [3.63, 3.8) is 0 Å². The average Bonchev–Trinajstić information content (AvgIpc) is 2.31. The van der Waals surface area contributed by atoms with E-state index in [0.29, 0.717) is 32.1 Å². The van der Waals surface area contributed by atoms with Crippen molar-refractivity contribution in [2.24, 2.45) is 10.8 Å². The summed E-state index contributed by atoms with van der Waals surface area (Å²) in [7, 11) is 1.65. The molecule has 106 valence electrons. The number of hydrogen-bond donors (Lipinski definition) is 4. The molecule has 1 amide bonds. The summed E-state index contributed by atoms with van der Waals surface area (Å²) in [5.41, 5.74) is 2.46. The van der Waals surface area contributed by atoms with Gasteiger partial charge in [-0.3, -0.25) is 15.2 Å². The lowest BCUT2D eigenvalue weighted by Crippen LogP contribution is -2.43. The summed E-state index contributed by atoms with van der Waals surface area (Å²) in [4.78, 5) is 15.6. The molecule has 0 atom stereocenters. The number of nitrogens with two attached hydrogens (primary N) is 1. The van der Waals surface area contributed by atoms with Gasteiger partial charge >= 0.3 is 0 Å². The summed E-state index contributed by atoms with van der Waals surface area (Å²) in [6.07, 6.45) is 1.22. The highest BCUT2D eigenvalue weighted by molar-refractivity contribution is 5.80.